The molecule has 3 aromatic carbocycles. The largest absolute Gasteiger partial charge is 0.494 e. The maximum atomic E-state index is 6.09. The number of allylic oxidation sites excluding steroid dienone is 1. The molecule has 0 aromatic heterocycles. The van der Waals surface area contributed by atoms with Crippen LogP contribution in [-0.2, 0) is 14.2 Å². The lowest BCUT2D eigenvalue weighted by Gasteiger charge is -2.23. The van der Waals surface area contributed by atoms with Gasteiger partial charge >= 0.3 is 0 Å². The molecule has 1 aliphatic rings. The SMILES string of the molecule is CC/C(=C(\c1ccc(OCCCCC(OC)OC)cc1)c1ccc(OC2CCCCO2)cc1)c1ccccc1. The van der Waals surface area contributed by atoms with Crippen molar-refractivity contribution in [1.29, 1.82) is 0 Å². The molecule has 0 spiro atoms. The summed E-state index contributed by atoms with van der Waals surface area (Å²) in [4.78, 5) is 0. The molecule has 0 radical (unpaired) electrons. The van der Waals surface area contributed by atoms with Crippen molar-refractivity contribution in [3.63, 3.8) is 0 Å². The third-order valence-corrected chi connectivity index (χ3v) is 7.10. The molecule has 208 valence electrons. The zero-order valence-electron chi connectivity index (χ0n) is 23.6. The van der Waals surface area contributed by atoms with Crippen molar-refractivity contribution in [2.45, 2.75) is 64.4 Å². The number of hydrogen-bond acceptors (Lipinski definition) is 5. The average molecular weight is 531 g/mol. The second-order valence-corrected chi connectivity index (χ2v) is 9.78. The van der Waals surface area contributed by atoms with Crippen LogP contribution in [0.1, 0.15) is 68.6 Å². The van der Waals surface area contributed by atoms with Gasteiger partial charge in [0, 0.05) is 20.6 Å². The van der Waals surface area contributed by atoms with Crippen molar-refractivity contribution in [1.82, 2.24) is 0 Å². The van der Waals surface area contributed by atoms with Gasteiger partial charge in [-0.1, -0.05) is 61.5 Å². The predicted octanol–water partition coefficient (Wildman–Crippen LogP) is 8.13. The van der Waals surface area contributed by atoms with Crippen molar-refractivity contribution in [3.05, 3.63) is 95.6 Å². The Labute approximate surface area is 233 Å². The molecule has 0 saturated carbocycles. The molecule has 4 rings (SSSR count). The van der Waals surface area contributed by atoms with Crippen LogP contribution in [-0.4, -0.2) is 40.0 Å². The minimum atomic E-state index is -0.149. The van der Waals surface area contributed by atoms with Gasteiger partial charge in [-0.05, 0) is 90.6 Å². The van der Waals surface area contributed by atoms with E-state index in [2.05, 4.69) is 85.8 Å². The Morgan fingerprint density at radius 1 is 0.795 bits per heavy atom. The van der Waals surface area contributed by atoms with E-state index in [1.54, 1.807) is 14.2 Å². The van der Waals surface area contributed by atoms with E-state index < -0.39 is 0 Å². The molecule has 0 aliphatic carbocycles. The van der Waals surface area contributed by atoms with Crippen molar-refractivity contribution in [2.75, 3.05) is 27.4 Å². The van der Waals surface area contributed by atoms with E-state index in [0.717, 1.165) is 74.2 Å². The van der Waals surface area contributed by atoms with Crippen molar-refractivity contribution >= 4 is 11.1 Å². The van der Waals surface area contributed by atoms with Gasteiger partial charge in [0.15, 0.2) is 12.6 Å². The molecule has 0 amide bonds. The second-order valence-electron chi connectivity index (χ2n) is 9.78. The number of methoxy groups -OCH3 is 2. The third-order valence-electron chi connectivity index (χ3n) is 7.10. The number of ether oxygens (including phenoxy) is 5. The van der Waals surface area contributed by atoms with Gasteiger partial charge in [0.25, 0.3) is 0 Å². The summed E-state index contributed by atoms with van der Waals surface area (Å²) < 4.78 is 28.4. The first-order valence-corrected chi connectivity index (χ1v) is 14.2. The van der Waals surface area contributed by atoms with E-state index in [4.69, 9.17) is 23.7 Å². The molecule has 1 saturated heterocycles. The second kappa shape index (κ2) is 15.5. The highest BCUT2D eigenvalue weighted by atomic mass is 16.7. The van der Waals surface area contributed by atoms with E-state index in [1.807, 2.05) is 0 Å². The Kier molecular flexibility index (Phi) is 11.5. The Bertz CT molecular complexity index is 1130. The maximum absolute atomic E-state index is 6.09. The van der Waals surface area contributed by atoms with E-state index in [9.17, 15) is 0 Å². The first-order chi connectivity index (χ1) is 19.2. The summed E-state index contributed by atoms with van der Waals surface area (Å²) in [6.45, 7) is 3.66. The molecule has 3 aromatic rings. The van der Waals surface area contributed by atoms with E-state index in [0.29, 0.717) is 6.61 Å². The lowest BCUT2D eigenvalue weighted by atomic mass is 9.88. The van der Waals surface area contributed by atoms with Crippen molar-refractivity contribution in [2.24, 2.45) is 0 Å². The number of unbranched alkanes of at least 4 members (excludes halogenated alkanes) is 1. The number of benzene rings is 3. The fourth-order valence-electron chi connectivity index (χ4n) is 4.99. The highest BCUT2D eigenvalue weighted by Gasteiger charge is 2.17. The predicted molar refractivity (Wildman–Crippen MR) is 157 cm³/mol. The maximum Gasteiger partial charge on any atom is 0.199 e. The zero-order chi connectivity index (χ0) is 27.3. The molecule has 1 heterocycles. The monoisotopic (exact) mass is 530 g/mol. The van der Waals surface area contributed by atoms with Crippen LogP contribution in [0.2, 0.25) is 0 Å². The minimum absolute atomic E-state index is 0.145. The lowest BCUT2D eigenvalue weighted by molar-refractivity contribution is -0.107. The Hall–Kier alpha value is -3.12. The van der Waals surface area contributed by atoms with Gasteiger partial charge in [-0.15, -0.1) is 0 Å². The normalized spacial score (nSPS) is 16.2. The van der Waals surface area contributed by atoms with Gasteiger partial charge in [-0.2, -0.15) is 0 Å². The minimum Gasteiger partial charge on any atom is -0.494 e. The van der Waals surface area contributed by atoms with Crippen LogP contribution in [0.5, 0.6) is 11.5 Å². The lowest BCUT2D eigenvalue weighted by Crippen LogP contribution is -2.24. The highest BCUT2D eigenvalue weighted by Crippen LogP contribution is 2.36. The summed E-state index contributed by atoms with van der Waals surface area (Å²) in [7, 11) is 3.34. The molecule has 5 nitrogen and oxygen atoms in total. The van der Waals surface area contributed by atoms with Gasteiger partial charge in [-0.25, -0.2) is 0 Å². The quantitative estimate of drug-likeness (QED) is 0.120. The molecule has 0 N–H and O–H groups in total. The highest BCUT2D eigenvalue weighted by molar-refractivity contribution is 5.98. The van der Waals surface area contributed by atoms with Gasteiger partial charge in [0.1, 0.15) is 11.5 Å². The van der Waals surface area contributed by atoms with Crippen molar-refractivity contribution in [3.8, 4) is 11.5 Å². The molecule has 1 unspecified atom stereocenters. The average Bonchev–Trinajstić information content (AvgIpc) is 3.00. The molecule has 39 heavy (non-hydrogen) atoms. The van der Waals surface area contributed by atoms with Crippen LogP contribution >= 0.6 is 0 Å². The van der Waals surface area contributed by atoms with E-state index >= 15 is 0 Å². The van der Waals surface area contributed by atoms with E-state index in [1.165, 1.54) is 16.7 Å². The fourth-order valence-corrected chi connectivity index (χ4v) is 4.99. The zero-order valence-corrected chi connectivity index (χ0v) is 23.6. The van der Waals surface area contributed by atoms with Crippen LogP contribution in [0, 0.1) is 0 Å². The summed E-state index contributed by atoms with van der Waals surface area (Å²) in [5.41, 5.74) is 6.08. The van der Waals surface area contributed by atoms with Crippen LogP contribution in [0.15, 0.2) is 78.9 Å². The summed E-state index contributed by atoms with van der Waals surface area (Å²) in [5.74, 6) is 1.72. The van der Waals surface area contributed by atoms with Crippen LogP contribution in [0.25, 0.3) is 11.1 Å². The van der Waals surface area contributed by atoms with Gasteiger partial charge < -0.3 is 23.7 Å². The smallest absolute Gasteiger partial charge is 0.199 e. The van der Waals surface area contributed by atoms with Crippen LogP contribution in [0.4, 0.5) is 0 Å². The molecule has 0 bridgehead atoms. The summed E-state index contributed by atoms with van der Waals surface area (Å²) in [6.07, 6.45) is 6.61. The molecule has 1 atom stereocenters. The Balaban J connectivity index is 1.52. The first kappa shape index (κ1) is 28.9. The van der Waals surface area contributed by atoms with E-state index in [-0.39, 0.29) is 12.6 Å². The molecule has 1 fully saturated rings. The van der Waals surface area contributed by atoms with Crippen LogP contribution < -0.4 is 9.47 Å². The number of rotatable bonds is 14. The Morgan fingerprint density at radius 2 is 1.46 bits per heavy atom. The summed E-state index contributed by atoms with van der Waals surface area (Å²) in [5, 5.41) is 0. The molecule has 5 heteroatoms. The standard InChI is InChI=1S/C34H42O5/c1-4-31(26-12-6-5-7-13-26)34(28-18-22-30(23-19-28)39-33-15-9-11-25-38-33)27-16-20-29(21-17-27)37-24-10-8-14-32(35-2)36-3/h5-7,12-13,16-23,32-33H,4,8-11,14-15,24-25H2,1-3H3/b34-31-. The summed E-state index contributed by atoms with van der Waals surface area (Å²) in [6, 6.07) is 27.5. The molecular formula is C34H42O5. The van der Waals surface area contributed by atoms with Crippen molar-refractivity contribution < 1.29 is 23.7 Å². The third kappa shape index (κ3) is 8.43. The Morgan fingerprint density at radius 3 is 2.05 bits per heavy atom. The first-order valence-electron chi connectivity index (χ1n) is 14.2. The summed E-state index contributed by atoms with van der Waals surface area (Å²) >= 11 is 0. The number of hydrogen-bond donors (Lipinski definition) is 0. The molecule has 1 aliphatic heterocycles. The molecular weight excluding hydrogens is 488 g/mol. The fraction of sp³-hybridized carbons (Fsp3) is 0.412. The van der Waals surface area contributed by atoms with Gasteiger partial charge in [-0.3, -0.25) is 0 Å². The topological polar surface area (TPSA) is 46.2 Å². The van der Waals surface area contributed by atoms with Gasteiger partial charge in [0.2, 0.25) is 0 Å². The van der Waals surface area contributed by atoms with Crippen LogP contribution in [0.3, 0.4) is 0 Å². The van der Waals surface area contributed by atoms with Gasteiger partial charge in [0.05, 0.1) is 13.2 Å².